The topological polar surface area (TPSA) is 73.1 Å². The van der Waals surface area contributed by atoms with Gasteiger partial charge in [0.1, 0.15) is 6.04 Å². The number of nitrogens with zero attached hydrogens (tertiary/aromatic N) is 5. The van der Waals surface area contributed by atoms with E-state index in [1.807, 2.05) is 6.07 Å². The molecule has 0 bridgehead atoms. The highest BCUT2D eigenvalue weighted by atomic mass is 19.4. The summed E-state index contributed by atoms with van der Waals surface area (Å²) in [5.74, 6) is -1.60. The molecular weight excluding hydrogens is 390 g/mol. The van der Waals surface area contributed by atoms with E-state index < -0.39 is 29.8 Å². The van der Waals surface area contributed by atoms with Gasteiger partial charge in [0, 0.05) is 23.0 Å². The molecule has 0 aliphatic carbocycles. The number of fused-ring (bicyclic) bond motifs is 1. The first-order valence-electron chi connectivity index (χ1n) is 8.37. The Balaban J connectivity index is 1.76. The quantitative estimate of drug-likeness (QED) is 0.606. The Labute approximate surface area is 161 Å². The minimum atomic E-state index is -4.95. The predicted octanol–water partition coefficient (Wildman–Crippen LogP) is 4.13. The molecule has 4 rings (SSSR count). The second-order valence-electron chi connectivity index (χ2n) is 6.31. The minimum Gasteiger partial charge on any atom is -0.289 e. The molecule has 1 unspecified atom stereocenters. The third kappa shape index (κ3) is 3.10. The van der Waals surface area contributed by atoms with E-state index in [0.717, 1.165) is 16.5 Å². The molecule has 3 aromatic rings. The fourth-order valence-corrected chi connectivity index (χ4v) is 3.26. The van der Waals surface area contributed by atoms with Crippen LogP contribution in [0.3, 0.4) is 0 Å². The maximum atomic E-state index is 13.9. The van der Waals surface area contributed by atoms with Crippen molar-refractivity contribution in [3.63, 3.8) is 0 Å². The number of benzene rings is 1. The molecule has 0 radical (unpaired) electrons. The van der Waals surface area contributed by atoms with Crippen molar-refractivity contribution in [3.05, 3.63) is 60.4 Å². The Morgan fingerprint density at radius 2 is 1.93 bits per heavy atom. The number of anilines is 2. The third-order valence-corrected chi connectivity index (χ3v) is 4.57. The van der Waals surface area contributed by atoms with Gasteiger partial charge < -0.3 is 0 Å². The largest absolute Gasteiger partial charge is 0.436 e. The number of amides is 2. The molecule has 1 atom stereocenters. The number of alkyl halides is 3. The molecule has 0 spiro atoms. The Morgan fingerprint density at radius 3 is 2.62 bits per heavy atom. The SMILES string of the molecule is N#CC1CN(c2cnc(C(F)(F)F)c(F)c2)C(=O)N1c1cncc2ccccc12. The minimum absolute atomic E-state index is 0.162. The summed E-state index contributed by atoms with van der Waals surface area (Å²) < 4.78 is 52.1. The number of aromatic nitrogens is 2. The van der Waals surface area contributed by atoms with Crippen molar-refractivity contribution in [2.75, 3.05) is 16.3 Å². The van der Waals surface area contributed by atoms with Gasteiger partial charge in [0.15, 0.2) is 11.5 Å². The number of carbonyl (C=O) groups excluding carboxylic acids is 1. The zero-order valence-electron chi connectivity index (χ0n) is 14.6. The second-order valence-corrected chi connectivity index (χ2v) is 6.31. The van der Waals surface area contributed by atoms with Crippen LogP contribution in [0.1, 0.15) is 5.69 Å². The van der Waals surface area contributed by atoms with Crippen molar-refractivity contribution >= 4 is 28.2 Å². The van der Waals surface area contributed by atoms with E-state index in [9.17, 15) is 27.6 Å². The maximum absolute atomic E-state index is 13.9. The summed E-state index contributed by atoms with van der Waals surface area (Å²) in [6, 6.07) is 8.07. The summed E-state index contributed by atoms with van der Waals surface area (Å²) in [5.41, 5.74) is -1.46. The van der Waals surface area contributed by atoms with Gasteiger partial charge in [0.2, 0.25) is 0 Å². The molecule has 2 amide bonds. The Kier molecular flexibility index (Phi) is 4.30. The number of urea groups is 1. The first-order valence-corrected chi connectivity index (χ1v) is 8.37. The molecule has 1 fully saturated rings. The fourth-order valence-electron chi connectivity index (χ4n) is 3.26. The zero-order valence-corrected chi connectivity index (χ0v) is 14.6. The van der Waals surface area contributed by atoms with Crippen LogP contribution in [0.5, 0.6) is 0 Å². The van der Waals surface area contributed by atoms with Gasteiger partial charge in [0.25, 0.3) is 0 Å². The van der Waals surface area contributed by atoms with Gasteiger partial charge in [-0.05, 0) is 0 Å². The molecular formula is C19H11F4N5O. The monoisotopic (exact) mass is 401 g/mol. The van der Waals surface area contributed by atoms with E-state index in [1.165, 1.54) is 11.1 Å². The van der Waals surface area contributed by atoms with Crippen LogP contribution in [-0.4, -0.2) is 28.6 Å². The highest BCUT2D eigenvalue weighted by Crippen LogP contribution is 2.35. The third-order valence-electron chi connectivity index (χ3n) is 4.57. The zero-order chi connectivity index (χ0) is 20.8. The van der Waals surface area contributed by atoms with Crippen molar-refractivity contribution in [2.24, 2.45) is 0 Å². The number of rotatable bonds is 2. The molecule has 0 saturated carbocycles. The van der Waals surface area contributed by atoms with Crippen molar-refractivity contribution in [2.45, 2.75) is 12.2 Å². The van der Waals surface area contributed by atoms with E-state index in [2.05, 4.69) is 9.97 Å². The first-order chi connectivity index (χ1) is 13.8. The lowest BCUT2D eigenvalue weighted by atomic mass is 10.1. The molecule has 0 N–H and O–H groups in total. The van der Waals surface area contributed by atoms with Gasteiger partial charge >= 0.3 is 12.2 Å². The number of hydrogen-bond acceptors (Lipinski definition) is 4. The highest BCUT2D eigenvalue weighted by molar-refractivity contribution is 6.11. The molecule has 3 heterocycles. The van der Waals surface area contributed by atoms with E-state index in [1.54, 1.807) is 30.5 Å². The van der Waals surface area contributed by atoms with E-state index in [0.29, 0.717) is 17.1 Å². The maximum Gasteiger partial charge on any atom is 0.436 e. The number of nitriles is 1. The lowest BCUT2D eigenvalue weighted by molar-refractivity contribution is -0.143. The van der Waals surface area contributed by atoms with Crippen LogP contribution in [0.15, 0.2) is 48.9 Å². The summed E-state index contributed by atoms with van der Waals surface area (Å²) in [4.78, 5) is 22.4. The van der Waals surface area contributed by atoms with Gasteiger partial charge in [0.05, 0.1) is 36.4 Å². The molecule has 1 aliphatic heterocycles. The van der Waals surface area contributed by atoms with E-state index in [-0.39, 0.29) is 12.2 Å². The van der Waals surface area contributed by atoms with Crippen LogP contribution in [0.2, 0.25) is 0 Å². The standard InChI is InChI=1S/C19H11F4N5O/c20-15-5-12(8-26-17(15)19(21,22)23)27-10-13(6-24)28(18(27)29)16-9-25-7-11-3-1-2-4-14(11)16/h1-5,7-9,13H,10H2. The Hall–Kier alpha value is -3.74. The molecule has 1 aliphatic rings. The number of halogens is 4. The van der Waals surface area contributed by atoms with Crippen LogP contribution in [0.4, 0.5) is 33.7 Å². The predicted molar refractivity (Wildman–Crippen MR) is 95.6 cm³/mol. The normalized spacial score (nSPS) is 17.1. The molecule has 146 valence electrons. The highest BCUT2D eigenvalue weighted by Gasteiger charge is 2.41. The Bertz CT molecular complexity index is 1150. The lowest BCUT2D eigenvalue weighted by Crippen LogP contribution is -2.34. The number of pyridine rings is 2. The van der Waals surface area contributed by atoms with Crippen LogP contribution >= 0.6 is 0 Å². The number of hydrogen-bond donors (Lipinski definition) is 0. The summed E-state index contributed by atoms with van der Waals surface area (Å²) in [6.45, 7) is -0.162. The number of carbonyl (C=O) groups is 1. The van der Waals surface area contributed by atoms with Gasteiger partial charge in [-0.1, -0.05) is 24.3 Å². The average molecular weight is 401 g/mol. The van der Waals surface area contributed by atoms with Crippen LogP contribution < -0.4 is 9.80 Å². The van der Waals surface area contributed by atoms with Crippen molar-refractivity contribution < 1.29 is 22.4 Å². The van der Waals surface area contributed by atoms with Gasteiger partial charge in [-0.15, -0.1) is 0 Å². The van der Waals surface area contributed by atoms with Crippen LogP contribution in [0.25, 0.3) is 10.8 Å². The van der Waals surface area contributed by atoms with E-state index in [4.69, 9.17) is 0 Å². The Morgan fingerprint density at radius 1 is 1.17 bits per heavy atom. The van der Waals surface area contributed by atoms with Gasteiger partial charge in [-0.3, -0.25) is 14.8 Å². The fraction of sp³-hybridized carbons (Fsp3) is 0.158. The summed E-state index contributed by atoms with van der Waals surface area (Å²) >= 11 is 0. The second kappa shape index (κ2) is 6.70. The van der Waals surface area contributed by atoms with Gasteiger partial charge in [-0.2, -0.15) is 18.4 Å². The smallest absolute Gasteiger partial charge is 0.289 e. The molecule has 29 heavy (non-hydrogen) atoms. The van der Waals surface area contributed by atoms with E-state index >= 15 is 0 Å². The molecule has 6 nitrogen and oxygen atoms in total. The summed E-state index contributed by atoms with van der Waals surface area (Å²) in [5, 5.41) is 10.9. The summed E-state index contributed by atoms with van der Waals surface area (Å²) in [6.07, 6.45) is -1.15. The molecule has 1 saturated heterocycles. The molecule has 10 heteroatoms. The molecule has 2 aromatic heterocycles. The van der Waals surface area contributed by atoms with Crippen molar-refractivity contribution in [1.82, 2.24) is 9.97 Å². The van der Waals surface area contributed by atoms with Crippen molar-refractivity contribution in [1.29, 1.82) is 5.26 Å². The molecule has 1 aromatic carbocycles. The average Bonchev–Trinajstić information content (AvgIpc) is 3.02. The van der Waals surface area contributed by atoms with Gasteiger partial charge in [-0.25, -0.2) is 14.2 Å². The van der Waals surface area contributed by atoms with Crippen LogP contribution in [-0.2, 0) is 6.18 Å². The van der Waals surface area contributed by atoms with Crippen molar-refractivity contribution in [3.8, 4) is 6.07 Å². The first kappa shape index (κ1) is 18.6. The lowest BCUT2D eigenvalue weighted by Gasteiger charge is -2.21. The van der Waals surface area contributed by atoms with Crippen LogP contribution in [0, 0.1) is 17.1 Å². The summed E-state index contributed by atoms with van der Waals surface area (Å²) in [7, 11) is 0.